The molecule has 1 aliphatic rings. The molecule has 0 radical (unpaired) electrons. The summed E-state index contributed by atoms with van der Waals surface area (Å²) in [5, 5.41) is 0.000352. The average molecular weight is 546 g/mol. The van der Waals surface area contributed by atoms with E-state index in [1.165, 1.54) is 22.5 Å². The molecule has 1 atom stereocenters. The van der Waals surface area contributed by atoms with Gasteiger partial charge in [-0.3, -0.25) is 4.79 Å². The van der Waals surface area contributed by atoms with Gasteiger partial charge in [0.05, 0.1) is 10.6 Å². The van der Waals surface area contributed by atoms with Crippen LogP contribution in [0.15, 0.2) is 108 Å². The molecule has 8 heteroatoms. The van der Waals surface area contributed by atoms with Crippen molar-refractivity contribution in [3.8, 4) is 0 Å². The molecule has 0 aliphatic carbocycles. The smallest absolute Gasteiger partial charge is 0.339 e. The number of sulfonamides is 1. The van der Waals surface area contributed by atoms with Gasteiger partial charge < -0.3 is 4.74 Å². The van der Waals surface area contributed by atoms with Crippen molar-refractivity contribution in [2.45, 2.75) is 24.0 Å². The topological polar surface area (TPSA) is 80.8 Å². The van der Waals surface area contributed by atoms with Crippen LogP contribution in [-0.4, -0.2) is 31.0 Å². The van der Waals surface area contributed by atoms with Crippen LogP contribution in [-0.2, 0) is 27.7 Å². The number of esters is 1. The summed E-state index contributed by atoms with van der Waals surface area (Å²) in [6.45, 7) is 0.511. The van der Waals surface area contributed by atoms with E-state index in [0.29, 0.717) is 24.1 Å². The summed E-state index contributed by atoms with van der Waals surface area (Å²) in [5.41, 5.74) is 2.91. The Kier molecular flexibility index (Phi) is 7.42. The minimum Gasteiger partial charge on any atom is -0.445 e. The number of rotatable bonds is 7. The molecule has 192 valence electrons. The lowest BCUT2D eigenvalue weighted by molar-refractivity contribution is 0.0280. The predicted octanol–water partition coefficient (Wildman–Crippen LogP) is 5.87. The lowest BCUT2D eigenvalue weighted by Gasteiger charge is -2.28. The Morgan fingerprint density at radius 1 is 0.789 bits per heavy atom. The Labute approximate surface area is 226 Å². The molecule has 0 aromatic heterocycles. The molecule has 1 heterocycles. The first-order chi connectivity index (χ1) is 18.3. The molecule has 4 aromatic carbocycles. The van der Waals surface area contributed by atoms with Gasteiger partial charge in [-0.1, -0.05) is 96.5 Å². The number of fused-ring (bicyclic) bond motifs is 1. The van der Waals surface area contributed by atoms with Crippen LogP contribution in [0.3, 0.4) is 0 Å². The number of Topliss-reactive ketones (excluding diaryl/α,β-unsaturated/α-hetero) is 1. The molecular formula is C30H24ClNO5S. The number of ether oxygens (including phenoxy) is 1. The molecule has 1 unspecified atom stereocenters. The molecule has 38 heavy (non-hydrogen) atoms. The standard InChI is InChI=1S/C30H24ClNO5S/c31-26-16-15-24(19-27(26)38(35,36)32-18-17-21-9-7-8-14-25(21)20-32)30(34)37-29(23-12-5-2-6-13-23)28(33)22-10-3-1-4-11-22/h1-16,19,29H,17-18,20H2. The van der Waals surface area contributed by atoms with Gasteiger partial charge in [0.2, 0.25) is 15.8 Å². The van der Waals surface area contributed by atoms with E-state index in [0.717, 1.165) is 11.1 Å². The second-order valence-corrected chi connectivity index (χ2v) is 11.2. The van der Waals surface area contributed by atoms with Crippen LogP contribution >= 0.6 is 11.6 Å². The highest BCUT2D eigenvalue weighted by molar-refractivity contribution is 7.89. The molecule has 0 saturated carbocycles. The van der Waals surface area contributed by atoms with Crippen LogP contribution in [0, 0.1) is 0 Å². The number of carbonyl (C=O) groups is 2. The minimum atomic E-state index is -4.00. The van der Waals surface area contributed by atoms with Gasteiger partial charge in [0.15, 0.2) is 6.10 Å². The Morgan fingerprint density at radius 2 is 1.42 bits per heavy atom. The summed E-state index contributed by atoms with van der Waals surface area (Å²) in [5.74, 6) is -1.22. The normalized spacial score (nSPS) is 14.3. The minimum absolute atomic E-state index is 0.000352. The summed E-state index contributed by atoms with van der Waals surface area (Å²) >= 11 is 6.32. The first-order valence-electron chi connectivity index (χ1n) is 12.1. The summed E-state index contributed by atoms with van der Waals surface area (Å²) in [6, 6.07) is 28.9. The Hall–Kier alpha value is -3.78. The van der Waals surface area contributed by atoms with Crippen molar-refractivity contribution in [2.24, 2.45) is 0 Å². The van der Waals surface area contributed by atoms with Gasteiger partial charge in [0.25, 0.3) is 0 Å². The number of carbonyl (C=O) groups excluding carboxylic acids is 2. The number of hydrogen-bond acceptors (Lipinski definition) is 5. The summed E-state index contributed by atoms with van der Waals surface area (Å²) in [4.78, 5) is 26.4. The SMILES string of the molecule is O=C(OC(C(=O)c1ccccc1)c1ccccc1)c1ccc(Cl)c(S(=O)(=O)N2CCc3ccccc3C2)c1. The van der Waals surface area contributed by atoms with Gasteiger partial charge in [-0.15, -0.1) is 0 Å². The van der Waals surface area contributed by atoms with E-state index in [1.54, 1.807) is 60.7 Å². The van der Waals surface area contributed by atoms with Crippen molar-refractivity contribution in [2.75, 3.05) is 6.54 Å². The average Bonchev–Trinajstić information content (AvgIpc) is 2.96. The fraction of sp³-hybridized carbons (Fsp3) is 0.133. The molecule has 0 spiro atoms. The molecule has 0 amide bonds. The van der Waals surface area contributed by atoms with Gasteiger partial charge in [-0.05, 0) is 35.7 Å². The van der Waals surface area contributed by atoms with Crippen molar-refractivity contribution in [3.05, 3.63) is 136 Å². The zero-order chi connectivity index (χ0) is 26.7. The summed E-state index contributed by atoms with van der Waals surface area (Å²) in [6.07, 6.45) is -0.629. The first-order valence-corrected chi connectivity index (χ1v) is 13.9. The fourth-order valence-corrected chi connectivity index (χ4v) is 6.39. The number of halogens is 1. The van der Waals surface area contributed by atoms with Gasteiger partial charge in [-0.2, -0.15) is 4.31 Å². The Morgan fingerprint density at radius 3 is 2.13 bits per heavy atom. The van der Waals surface area contributed by atoms with Gasteiger partial charge >= 0.3 is 5.97 Å². The maximum atomic E-state index is 13.6. The lowest BCUT2D eigenvalue weighted by Crippen LogP contribution is -2.36. The zero-order valence-electron chi connectivity index (χ0n) is 20.3. The van der Waals surface area contributed by atoms with Crippen molar-refractivity contribution in [3.63, 3.8) is 0 Å². The van der Waals surface area contributed by atoms with Gasteiger partial charge in [-0.25, -0.2) is 13.2 Å². The van der Waals surface area contributed by atoms with Crippen LogP contribution < -0.4 is 0 Å². The number of nitrogens with zero attached hydrogens (tertiary/aromatic N) is 1. The number of benzene rings is 4. The second kappa shape index (κ2) is 10.9. The van der Waals surface area contributed by atoms with Crippen LogP contribution in [0.1, 0.15) is 43.5 Å². The third-order valence-corrected chi connectivity index (χ3v) is 8.83. The van der Waals surface area contributed by atoms with Crippen molar-refractivity contribution < 1.29 is 22.7 Å². The van der Waals surface area contributed by atoms with E-state index in [1.807, 2.05) is 24.3 Å². The largest absolute Gasteiger partial charge is 0.445 e. The molecule has 0 N–H and O–H groups in total. The van der Waals surface area contributed by atoms with Gasteiger partial charge in [0, 0.05) is 24.2 Å². The van der Waals surface area contributed by atoms with E-state index in [9.17, 15) is 18.0 Å². The molecule has 5 rings (SSSR count). The lowest BCUT2D eigenvalue weighted by atomic mass is 10.00. The molecule has 4 aromatic rings. The molecule has 0 fully saturated rings. The molecule has 1 aliphatic heterocycles. The Balaban J connectivity index is 1.44. The molecule has 0 bridgehead atoms. The highest BCUT2D eigenvalue weighted by atomic mass is 35.5. The van der Waals surface area contributed by atoms with Crippen molar-refractivity contribution >= 4 is 33.4 Å². The first kappa shape index (κ1) is 25.9. The van der Waals surface area contributed by atoms with Crippen LogP contribution in [0.25, 0.3) is 0 Å². The van der Waals surface area contributed by atoms with E-state index < -0.39 is 22.1 Å². The fourth-order valence-electron chi connectivity index (χ4n) is 4.47. The monoisotopic (exact) mass is 545 g/mol. The summed E-state index contributed by atoms with van der Waals surface area (Å²) < 4.78 is 34.2. The molecular weight excluding hydrogens is 522 g/mol. The predicted molar refractivity (Wildman–Crippen MR) is 145 cm³/mol. The number of ketones is 1. The van der Waals surface area contributed by atoms with E-state index >= 15 is 0 Å². The third-order valence-electron chi connectivity index (χ3n) is 6.50. The van der Waals surface area contributed by atoms with E-state index in [4.69, 9.17) is 16.3 Å². The summed E-state index contributed by atoms with van der Waals surface area (Å²) in [7, 11) is -4.00. The van der Waals surface area contributed by atoms with Crippen molar-refractivity contribution in [1.29, 1.82) is 0 Å². The van der Waals surface area contributed by atoms with Crippen LogP contribution in [0.5, 0.6) is 0 Å². The second-order valence-electron chi connectivity index (χ2n) is 8.93. The van der Waals surface area contributed by atoms with Crippen LogP contribution in [0.4, 0.5) is 0 Å². The highest BCUT2D eigenvalue weighted by Crippen LogP contribution is 2.31. The number of hydrogen-bond donors (Lipinski definition) is 0. The van der Waals surface area contributed by atoms with Gasteiger partial charge in [0.1, 0.15) is 4.90 Å². The quantitative estimate of drug-likeness (QED) is 0.214. The van der Waals surface area contributed by atoms with E-state index in [-0.39, 0.29) is 27.8 Å². The Bertz CT molecular complexity index is 1590. The molecule has 6 nitrogen and oxygen atoms in total. The zero-order valence-corrected chi connectivity index (χ0v) is 21.9. The highest BCUT2D eigenvalue weighted by Gasteiger charge is 2.32. The maximum Gasteiger partial charge on any atom is 0.339 e. The molecule has 0 saturated heterocycles. The maximum absolute atomic E-state index is 13.6. The van der Waals surface area contributed by atoms with E-state index in [2.05, 4.69) is 0 Å². The van der Waals surface area contributed by atoms with Crippen LogP contribution in [0.2, 0.25) is 5.02 Å². The third kappa shape index (κ3) is 5.27. The van der Waals surface area contributed by atoms with Crippen molar-refractivity contribution in [1.82, 2.24) is 4.31 Å².